The van der Waals surface area contributed by atoms with Crippen molar-refractivity contribution in [2.75, 3.05) is 0 Å². The van der Waals surface area contributed by atoms with Crippen LogP contribution in [0.1, 0.15) is 17.3 Å². The summed E-state index contributed by atoms with van der Waals surface area (Å²) >= 11 is 5.78. The summed E-state index contributed by atoms with van der Waals surface area (Å²) in [5, 5.41) is 0.355. The van der Waals surface area contributed by atoms with E-state index in [0.29, 0.717) is 10.7 Å². The fraction of sp³-hybridized carbons (Fsp3) is 0.200. The molecule has 0 saturated heterocycles. The van der Waals surface area contributed by atoms with Crippen LogP contribution in [0, 0.1) is 0 Å². The zero-order valence-electron chi connectivity index (χ0n) is 7.70. The van der Waals surface area contributed by atoms with Gasteiger partial charge in [0.1, 0.15) is 5.15 Å². The first kappa shape index (κ1) is 9.21. The van der Waals surface area contributed by atoms with E-state index in [1.807, 2.05) is 23.8 Å². The summed E-state index contributed by atoms with van der Waals surface area (Å²) in [6.07, 6.45) is 2.71. The van der Waals surface area contributed by atoms with Gasteiger partial charge in [0, 0.05) is 18.3 Å². The molecular weight excluding hydrogens is 200 g/mol. The number of carbonyl (C=O) groups excluding carboxylic acids is 1. The predicted molar refractivity (Wildman–Crippen MR) is 55.8 cm³/mol. The van der Waals surface area contributed by atoms with Crippen LogP contribution in [0.5, 0.6) is 0 Å². The van der Waals surface area contributed by atoms with E-state index in [9.17, 15) is 4.79 Å². The van der Waals surface area contributed by atoms with Crippen LogP contribution in [-0.2, 0) is 6.54 Å². The second-order valence-electron chi connectivity index (χ2n) is 2.99. The predicted octanol–water partition coefficient (Wildman–Crippen LogP) is 2.52. The largest absolute Gasteiger partial charge is 0.346 e. The van der Waals surface area contributed by atoms with Gasteiger partial charge in [-0.1, -0.05) is 11.6 Å². The van der Waals surface area contributed by atoms with Crippen molar-refractivity contribution in [3.63, 3.8) is 0 Å². The average Bonchev–Trinajstić information content (AvgIpc) is 2.59. The molecule has 0 atom stereocenters. The summed E-state index contributed by atoms with van der Waals surface area (Å²) in [7, 11) is 0. The van der Waals surface area contributed by atoms with E-state index in [-0.39, 0.29) is 0 Å². The Labute approximate surface area is 86.3 Å². The lowest BCUT2D eigenvalue weighted by molar-refractivity contribution is 0.112. The summed E-state index contributed by atoms with van der Waals surface area (Å²) < 4.78 is 1.97. The third kappa shape index (κ3) is 1.30. The van der Waals surface area contributed by atoms with Crippen LogP contribution in [0.25, 0.3) is 11.0 Å². The fourth-order valence-corrected chi connectivity index (χ4v) is 1.77. The zero-order chi connectivity index (χ0) is 10.1. The molecule has 2 aromatic heterocycles. The Hall–Kier alpha value is -1.35. The molecule has 0 N–H and O–H groups in total. The van der Waals surface area contributed by atoms with Crippen molar-refractivity contribution in [3.05, 3.63) is 29.0 Å². The number of carbonyl (C=O) groups is 1. The number of rotatable bonds is 2. The first-order valence-electron chi connectivity index (χ1n) is 4.37. The molecule has 0 radical (unpaired) electrons. The van der Waals surface area contributed by atoms with Crippen LogP contribution in [0.15, 0.2) is 18.3 Å². The Bertz CT molecular complexity index is 490. The molecule has 0 saturated carbocycles. The minimum Gasteiger partial charge on any atom is -0.346 e. The molecule has 2 heterocycles. The van der Waals surface area contributed by atoms with Crippen molar-refractivity contribution in [2.45, 2.75) is 13.5 Å². The van der Waals surface area contributed by atoms with Crippen LogP contribution in [0.4, 0.5) is 0 Å². The van der Waals surface area contributed by atoms with Crippen LogP contribution in [-0.4, -0.2) is 15.8 Å². The molecule has 2 aromatic rings. The highest BCUT2D eigenvalue weighted by molar-refractivity contribution is 6.30. The zero-order valence-corrected chi connectivity index (χ0v) is 8.45. The molecule has 0 unspecified atom stereocenters. The van der Waals surface area contributed by atoms with Crippen molar-refractivity contribution >= 4 is 28.9 Å². The van der Waals surface area contributed by atoms with Gasteiger partial charge in [-0.15, -0.1) is 0 Å². The maximum atomic E-state index is 10.8. The third-order valence-electron chi connectivity index (χ3n) is 2.19. The van der Waals surface area contributed by atoms with Gasteiger partial charge in [0.25, 0.3) is 0 Å². The summed E-state index contributed by atoms with van der Waals surface area (Å²) in [4.78, 5) is 15.0. The summed E-state index contributed by atoms with van der Waals surface area (Å²) in [6, 6.07) is 3.45. The lowest BCUT2D eigenvalue weighted by Gasteiger charge is -2.02. The third-order valence-corrected chi connectivity index (χ3v) is 2.38. The van der Waals surface area contributed by atoms with Crippen molar-refractivity contribution in [3.8, 4) is 0 Å². The number of hydrogen-bond donors (Lipinski definition) is 0. The van der Waals surface area contributed by atoms with Gasteiger partial charge in [0.15, 0.2) is 6.29 Å². The van der Waals surface area contributed by atoms with Crippen molar-refractivity contribution in [1.82, 2.24) is 9.55 Å². The van der Waals surface area contributed by atoms with Crippen LogP contribution < -0.4 is 0 Å². The number of aryl methyl sites for hydroxylation is 1. The molecule has 0 aromatic carbocycles. The Morgan fingerprint density at radius 1 is 1.64 bits per heavy atom. The summed E-state index contributed by atoms with van der Waals surface area (Å²) in [5.74, 6) is 0. The Morgan fingerprint density at radius 2 is 2.43 bits per heavy atom. The van der Waals surface area contributed by atoms with E-state index in [1.165, 1.54) is 0 Å². The van der Waals surface area contributed by atoms with Gasteiger partial charge in [-0.2, -0.15) is 0 Å². The molecule has 72 valence electrons. The number of hydrogen-bond acceptors (Lipinski definition) is 2. The van der Waals surface area contributed by atoms with E-state index in [4.69, 9.17) is 11.6 Å². The lowest BCUT2D eigenvalue weighted by atomic mass is 10.2. The summed E-state index contributed by atoms with van der Waals surface area (Å²) in [5.41, 5.74) is 2.21. The van der Waals surface area contributed by atoms with E-state index in [1.54, 1.807) is 6.07 Å². The normalized spacial score (nSPS) is 10.7. The standard InChI is InChI=1S/C10H9ClN2O/c1-2-13-4-3-8-10(13)7(6-14)5-9(11)12-8/h3-6H,2H2,1H3. The van der Waals surface area contributed by atoms with Crippen LogP contribution >= 0.6 is 11.6 Å². The van der Waals surface area contributed by atoms with E-state index >= 15 is 0 Å². The second kappa shape index (κ2) is 3.42. The molecule has 3 nitrogen and oxygen atoms in total. The lowest BCUT2D eigenvalue weighted by Crippen LogP contribution is -1.95. The fourth-order valence-electron chi connectivity index (χ4n) is 1.56. The molecule has 0 fully saturated rings. The highest BCUT2D eigenvalue weighted by Crippen LogP contribution is 2.20. The SMILES string of the molecule is CCn1ccc2nc(Cl)cc(C=O)c21. The molecule has 0 bridgehead atoms. The first-order chi connectivity index (χ1) is 6.76. The number of aromatic nitrogens is 2. The van der Waals surface area contributed by atoms with E-state index in [0.717, 1.165) is 23.9 Å². The Balaban J connectivity index is 2.85. The number of halogens is 1. The monoisotopic (exact) mass is 208 g/mol. The number of aldehydes is 1. The number of fused-ring (bicyclic) bond motifs is 1. The molecule has 4 heteroatoms. The minimum absolute atomic E-state index is 0.355. The van der Waals surface area contributed by atoms with Gasteiger partial charge in [-0.25, -0.2) is 4.98 Å². The van der Waals surface area contributed by atoms with Gasteiger partial charge in [0.05, 0.1) is 11.0 Å². The molecular formula is C10H9ClN2O. The van der Waals surface area contributed by atoms with Gasteiger partial charge in [-0.3, -0.25) is 4.79 Å². The number of pyridine rings is 1. The topological polar surface area (TPSA) is 34.9 Å². The highest BCUT2D eigenvalue weighted by Gasteiger charge is 2.07. The molecule has 0 aliphatic heterocycles. The maximum Gasteiger partial charge on any atom is 0.152 e. The molecule has 2 rings (SSSR count). The van der Waals surface area contributed by atoms with Crippen LogP contribution in [0.2, 0.25) is 5.15 Å². The van der Waals surface area contributed by atoms with Gasteiger partial charge in [-0.05, 0) is 19.1 Å². The quantitative estimate of drug-likeness (QED) is 0.562. The first-order valence-corrected chi connectivity index (χ1v) is 4.74. The molecule has 14 heavy (non-hydrogen) atoms. The molecule has 0 spiro atoms. The Morgan fingerprint density at radius 3 is 3.07 bits per heavy atom. The van der Waals surface area contributed by atoms with Crippen LogP contribution in [0.3, 0.4) is 0 Å². The number of nitrogens with zero attached hydrogens (tertiary/aromatic N) is 2. The van der Waals surface area contributed by atoms with Gasteiger partial charge >= 0.3 is 0 Å². The Kier molecular flexibility index (Phi) is 2.25. The maximum absolute atomic E-state index is 10.8. The average molecular weight is 209 g/mol. The summed E-state index contributed by atoms with van der Waals surface area (Å²) in [6.45, 7) is 2.83. The van der Waals surface area contributed by atoms with Crippen molar-refractivity contribution < 1.29 is 4.79 Å². The molecule has 0 aliphatic carbocycles. The van der Waals surface area contributed by atoms with E-state index in [2.05, 4.69) is 4.98 Å². The highest BCUT2D eigenvalue weighted by atomic mass is 35.5. The smallest absolute Gasteiger partial charge is 0.152 e. The second-order valence-corrected chi connectivity index (χ2v) is 3.37. The van der Waals surface area contributed by atoms with Gasteiger partial charge in [0.2, 0.25) is 0 Å². The molecule has 0 amide bonds. The minimum atomic E-state index is 0.355. The van der Waals surface area contributed by atoms with E-state index < -0.39 is 0 Å². The van der Waals surface area contributed by atoms with Crippen molar-refractivity contribution in [2.24, 2.45) is 0 Å². The van der Waals surface area contributed by atoms with Gasteiger partial charge < -0.3 is 4.57 Å². The molecule has 0 aliphatic rings. The van der Waals surface area contributed by atoms with Crippen molar-refractivity contribution in [1.29, 1.82) is 0 Å².